The van der Waals surface area contributed by atoms with Crippen molar-refractivity contribution in [2.24, 2.45) is 0 Å². The van der Waals surface area contributed by atoms with E-state index in [9.17, 15) is 19.5 Å². The van der Waals surface area contributed by atoms with Crippen LogP contribution in [0.15, 0.2) is 36.4 Å². The molecule has 34 heavy (non-hydrogen) atoms. The summed E-state index contributed by atoms with van der Waals surface area (Å²) in [6.45, 7) is 2.93. The summed E-state index contributed by atoms with van der Waals surface area (Å²) in [5.41, 5.74) is 1.52. The first-order chi connectivity index (χ1) is 16.3. The van der Waals surface area contributed by atoms with Crippen LogP contribution in [0.1, 0.15) is 52.3 Å². The van der Waals surface area contributed by atoms with E-state index in [0.29, 0.717) is 60.1 Å². The summed E-state index contributed by atoms with van der Waals surface area (Å²) in [6, 6.07) is 9.32. The summed E-state index contributed by atoms with van der Waals surface area (Å²) in [5, 5.41) is 14.0. The Kier molecular flexibility index (Phi) is 6.95. The number of benzene rings is 2. The Bertz CT molecular complexity index is 1120. The number of anilines is 1. The van der Waals surface area contributed by atoms with E-state index in [4.69, 9.17) is 21.1 Å². The minimum Gasteiger partial charge on any atom is -0.495 e. The molecule has 0 aromatic heterocycles. The predicted molar refractivity (Wildman–Crippen MR) is 125 cm³/mol. The van der Waals surface area contributed by atoms with Gasteiger partial charge in [-0.25, -0.2) is 4.79 Å². The number of halogens is 1. The van der Waals surface area contributed by atoms with E-state index in [1.54, 1.807) is 42.2 Å². The Morgan fingerprint density at radius 3 is 2.56 bits per heavy atom. The standard InChI is InChI=1S/C24H26ClN3O6/c1-3-34-24(32)27-10-8-16(9-11-27)28-22(30)17-6-4-14(12-18(17)23(28)31)21(29)26-15-5-7-20(33-2)19(25)13-15/h4-7,12-13,16,22,30H,3,8-11H2,1-2H3,(H,26,29). The molecule has 2 aromatic carbocycles. The number of carbonyl (C=O) groups is 3. The summed E-state index contributed by atoms with van der Waals surface area (Å²) in [7, 11) is 1.50. The zero-order valence-corrected chi connectivity index (χ0v) is 19.7. The van der Waals surface area contributed by atoms with Crippen LogP contribution < -0.4 is 10.1 Å². The summed E-state index contributed by atoms with van der Waals surface area (Å²) >= 11 is 6.12. The third kappa shape index (κ3) is 4.53. The highest BCUT2D eigenvalue weighted by Crippen LogP contribution is 2.36. The average Bonchev–Trinajstić information content (AvgIpc) is 3.08. The number of fused-ring (bicyclic) bond motifs is 1. The van der Waals surface area contributed by atoms with Crippen LogP contribution in [0, 0.1) is 0 Å². The molecule has 2 heterocycles. The number of amides is 3. The number of likely N-dealkylation sites (tertiary alicyclic amines) is 1. The molecule has 180 valence electrons. The smallest absolute Gasteiger partial charge is 0.409 e. The topological polar surface area (TPSA) is 108 Å². The van der Waals surface area contributed by atoms with Crippen molar-refractivity contribution in [1.82, 2.24) is 9.80 Å². The zero-order valence-electron chi connectivity index (χ0n) is 18.9. The molecular formula is C24H26ClN3O6. The van der Waals surface area contributed by atoms with Crippen molar-refractivity contribution in [2.45, 2.75) is 32.0 Å². The number of piperidine rings is 1. The highest BCUT2D eigenvalue weighted by molar-refractivity contribution is 6.32. The van der Waals surface area contributed by atoms with Gasteiger partial charge in [0.1, 0.15) is 5.75 Å². The maximum Gasteiger partial charge on any atom is 0.409 e. The molecule has 0 saturated carbocycles. The monoisotopic (exact) mass is 487 g/mol. The molecule has 10 heteroatoms. The average molecular weight is 488 g/mol. The third-order valence-corrected chi connectivity index (χ3v) is 6.41. The van der Waals surface area contributed by atoms with E-state index >= 15 is 0 Å². The van der Waals surface area contributed by atoms with Gasteiger partial charge in [-0.1, -0.05) is 17.7 Å². The van der Waals surface area contributed by atoms with Gasteiger partial charge in [0, 0.05) is 41.5 Å². The SMILES string of the molecule is CCOC(=O)N1CCC(N2C(=O)c3cc(C(=O)Nc4ccc(OC)c(Cl)c4)ccc3C2O)CC1. The second-order valence-corrected chi connectivity index (χ2v) is 8.52. The molecule has 2 aliphatic heterocycles. The summed E-state index contributed by atoms with van der Waals surface area (Å²) in [6.07, 6.45) is -0.409. The van der Waals surface area contributed by atoms with Crippen molar-refractivity contribution in [2.75, 3.05) is 32.1 Å². The molecule has 4 rings (SSSR count). The lowest BCUT2D eigenvalue weighted by atomic mass is 10.0. The third-order valence-electron chi connectivity index (χ3n) is 6.12. The fourth-order valence-electron chi connectivity index (χ4n) is 4.36. The Hall–Kier alpha value is -3.30. The number of ether oxygens (including phenoxy) is 2. The van der Waals surface area contributed by atoms with Crippen molar-refractivity contribution >= 4 is 35.2 Å². The molecular weight excluding hydrogens is 462 g/mol. The predicted octanol–water partition coefficient (Wildman–Crippen LogP) is 3.67. The van der Waals surface area contributed by atoms with Gasteiger partial charge >= 0.3 is 6.09 Å². The molecule has 0 aliphatic carbocycles. The van der Waals surface area contributed by atoms with Gasteiger partial charge in [-0.15, -0.1) is 0 Å². The lowest BCUT2D eigenvalue weighted by Crippen LogP contribution is -2.48. The van der Waals surface area contributed by atoms with Crippen LogP contribution >= 0.6 is 11.6 Å². The summed E-state index contributed by atoms with van der Waals surface area (Å²) in [4.78, 5) is 40.9. The van der Waals surface area contributed by atoms with Gasteiger partial charge in [-0.2, -0.15) is 0 Å². The summed E-state index contributed by atoms with van der Waals surface area (Å²) < 4.78 is 10.2. The van der Waals surface area contributed by atoms with Gasteiger partial charge in [-0.05, 0) is 50.1 Å². The molecule has 0 spiro atoms. The maximum atomic E-state index is 13.2. The Labute approximate surface area is 202 Å². The van der Waals surface area contributed by atoms with Crippen LogP contribution in [-0.4, -0.2) is 65.7 Å². The maximum absolute atomic E-state index is 13.2. The van der Waals surface area contributed by atoms with Crippen LogP contribution in [0.5, 0.6) is 5.75 Å². The van der Waals surface area contributed by atoms with Crippen molar-refractivity contribution in [3.63, 3.8) is 0 Å². The Balaban J connectivity index is 1.46. The molecule has 0 bridgehead atoms. The van der Waals surface area contributed by atoms with Crippen LogP contribution in [0.4, 0.5) is 10.5 Å². The molecule has 1 atom stereocenters. The van der Waals surface area contributed by atoms with Gasteiger partial charge in [0.15, 0.2) is 6.23 Å². The fourth-order valence-corrected chi connectivity index (χ4v) is 4.62. The highest BCUT2D eigenvalue weighted by Gasteiger charge is 2.41. The van der Waals surface area contributed by atoms with E-state index in [0.717, 1.165) is 0 Å². The fraction of sp³-hybridized carbons (Fsp3) is 0.375. The van der Waals surface area contributed by atoms with Crippen molar-refractivity contribution in [3.8, 4) is 5.75 Å². The van der Waals surface area contributed by atoms with Crippen molar-refractivity contribution < 1.29 is 29.0 Å². The number of nitrogens with zero attached hydrogens (tertiary/aromatic N) is 2. The molecule has 2 aromatic rings. The minimum absolute atomic E-state index is 0.223. The lowest BCUT2D eigenvalue weighted by Gasteiger charge is -2.37. The molecule has 1 saturated heterocycles. The van der Waals surface area contributed by atoms with Crippen LogP contribution in [-0.2, 0) is 4.74 Å². The zero-order chi connectivity index (χ0) is 24.4. The van der Waals surface area contributed by atoms with Gasteiger partial charge in [0.2, 0.25) is 0 Å². The Morgan fingerprint density at radius 1 is 1.18 bits per heavy atom. The first kappa shape index (κ1) is 23.8. The van der Waals surface area contributed by atoms with Crippen molar-refractivity contribution in [3.05, 3.63) is 58.1 Å². The molecule has 2 N–H and O–H groups in total. The van der Waals surface area contributed by atoms with Crippen LogP contribution in [0.2, 0.25) is 5.02 Å². The number of methoxy groups -OCH3 is 1. The van der Waals surface area contributed by atoms with Crippen LogP contribution in [0.3, 0.4) is 0 Å². The minimum atomic E-state index is -1.10. The van der Waals surface area contributed by atoms with Gasteiger partial charge in [-0.3, -0.25) is 9.59 Å². The van der Waals surface area contributed by atoms with E-state index in [1.807, 2.05) is 0 Å². The summed E-state index contributed by atoms with van der Waals surface area (Å²) in [5.74, 6) is -0.253. The Morgan fingerprint density at radius 2 is 1.91 bits per heavy atom. The number of aliphatic hydroxyl groups is 1. The van der Waals surface area contributed by atoms with Gasteiger partial charge in [0.05, 0.1) is 18.7 Å². The second kappa shape index (κ2) is 9.90. The number of carbonyl (C=O) groups excluding carboxylic acids is 3. The number of hydrogen-bond donors (Lipinski definition) is 2. The van der Waals surface area contributed by atoms with Gasteiger partial charge in [0.25, 0.3) is 11.8 Å². The molecule has 0 radical (unpaired) electrons. The van der Waals surface area contributed by atoms with E-state index in [2.05, 4.69) is 5.32 Å². The van der Waals surface area contributed by atoms with E-state index in [-0.39, 0.29) is 23.6 Å². The number of nitrogens with one attached hydrogen (secondary N) is 1. The molecule has 9 nitrogen and oxygen atoms in total. The van der Waals surface area contributed by atoms with Gasteiger partial charge < -0.3 is 29.7 Å². The lowest BCUT2D eigenvalue weighted by molar-refractivity contribution is -0.0167. The molecule has 2 aliphatic rings. The number of aliphatic hydroxyl groups excluding tert-OH is 1. The van der Waals surface area contributed by atoms with Crippen molar-refractivity contribution in [1.29, 1.82) is 0 Å². The largest absolute Gasteiger partial charge is 0.495 e. The second-order valence-electron chi connectivity index (χ2n) is 8.11. The van der Waals surface area contributed by atoms with Crippen LogP contribution in [0.25, 0.3) is 0 Å². The highest BCUT2D eigenvalue weighted by atomic mass is 35.5. The quantitative estimate of drug-likeness (QED) is 0.666. The molecule has 1 fully saturated rings. The molecule has 1 unspecified atom stereocenters. The first-order valence-electron chi connectivity index (χ1n) is 11.0. The van der Waals surface area contributed by atoms with E-state index < -0.39 is 12.1 Å². The number of rotatable bonds is 5. The number of hydrogen-bond acceptors (Lipinski definition) is 6. The van der Waals surface area contributed by atoms with E-state index in [1.165, 1.54) is 18.1 Å². The molecule has 3 amide bonds. The normalized spacial score (nSPS) is 18.0. The first-order valence-corrected chi connectivity index (χ1v) is 11.4.